The van der Waals surface area contributed by atoms with Gasteiger partial charge in [-0.25, -0.2) is 24.9 Å². The molecule has 0 atom stereocenters. The average Bonchev–Trinajstić information content (AvgIpc) is 3.48. The van der Waals surface area contributed by atoms with Gasteiger partial charge >= 0.3 is 6.18 Å². The number of pyridine rings is 1. The van der Waals surface area contributed by atoms with Crippen molar-refractivity contribution in [3.8, 4) is 34.7 Å². The fourth-order valence-electron chi connectivity index (χ4n) is 4.34. The van der Waals surface area contributed by atoms with E-state index in [0.717, 1.165) is 24.7 Å². The van der Waals surface area contributed by atoms with E-state index in [0.29, 0.717) is 39.7 Å². The molecule has 0 bridgehead atoms. The van der Waals surface area contributed by atoms with Crippen molar-refractivity contribution >= 4 is 11.2 Å². The summed E-state index contributed by atoms with van der Waals surface area (Å²) >= 11 is 0. The normalized spacial score (nSPS) is 13.8. The fourth-order valence-corrected chi connectivity index (χ4v) is 4.34. The SMILES string of the molecule is COc1ncnc(C2CC2)c1-c1nc(OCc2ccc(-c3nc(C(F)(F)F)cn3C(C)C)nc2)c2[nH]cnc2n1. The number of aromatic nitrogens is 9. The predicted octanol–water partition coefficient (Wildman–Crippen LogP) is 5.13. The van der Waals surface area contributed by atoms with Crippen LogP contribution in [0.25, 0.3) is 34.1 Å². The van der Waals surface area contributed by atoms with Gasteiger partial charge in [-0.05, 0) is 32.8 Å². The molecular weight excluding hydrogens is 527 g/mol. The molecule has 5 aromatic heterocycles. The lowest BCUT2D eigenvalue weighted by Gasteiger charge is -2.13. The zero-order valence-electron chi connectivity index (χ0n) is 21.8. The molecule has 0 aliphatic heterocycles. The molecule has 0 saturated heterocycles. The van der Waals surface area contributed by atoms with E-state index in [2.05, 4.69) is 39.9 Å². The first-order valence-corrected chi connectivity index (χ1v) is 12.6. The van der Waals surface area contributed by atoms with Crippen molar-refractivity contribution in [1.29, 1.82) is 0 Å². The quantitative estimate of drug-likeness (QED) is 0.279. The van der Waals surface area contributed by atoms with E-state index < -0.39 is 11.9 Å². The maximum absolute atomic E-state index is 13.3. The second-order valence-corrected chi connectivity index (χ2v) is 9.66. The van der Waals surface area contributed by atoms with Gasteiger partial charge in [-0.1, -0.05) is 6.07 Å². The third kappa shape index (κ3) is 4.80. The largest absolute Gasteiger partial charge is 0.480 e. The third-order valence-electron chi connectivity index (χ3n) is 6.48. The molecular formula is C26H24F3N9O2. The monoisotopic (exact) mass is 551 g/mol. The Kier molecular flexibility index (Phi) is 6.31. The van der Waals surface area contributed by atoms with Crippen LogP contribution in [0.4, 0.5) is 13.2 Å². The Morgan fingerprint density at radius 3 is 2.55 bits per heavy atom. The zero-order chi connectivity index (χ0) is 28.0. The van der Waals surface area contributed by atoms with Gasteiger partial charge in [0.15, 0.2) is 23.0 Å². The topological polar surface area (TPSA) is 129 Å². The van der Waals surface area contributed by atoms with Crippen molar-refractivity contribution in [2.24, 2.45) is 0 Å². The highest BCUT2D eigenvalue weighted by atomic mass is 19.4. The fraction of sp³-hybridized carbons (Fsp3) is 0.346. The molecule has 0 radical (unpaired) electrons. The molecule has 1 aliphatic carbocycles. The van der Waals surface area contributed by atoms with Crippen molar-refractivity contribution in [2.45, 2.75) is 51.4 Å². The van der Waals surface area contributed by atoms with Crippen molar-refractivity contribution in [2.75, 3.05) is 7.11 Å². The zero-order valence-corrected chi connectivity index (χ0v) is 21.8. The highest BCUT2D eigenvalue weighted by Gasteiger charge is 2.35. The number of rotatable bonds is 8. The molecule has 14 heteroatoms. The molecule has 1 saturated carbocycles. The standard InChI is InChI=1S/C26H24F3N9O2/c1-13(2)38-9-17(26(27,28)29)35-23(38)16-7-4-14(8-30-16)10-40-25-20-22(33-11-32-20)36-21(37-25)18-19(15-5-6-15)31-12-34-24(18)39-3/h4,7-9,11-13,15H,5-6,10H2,1-3H3,(H,32,33,36,37). The molecule has 11 nitrogen and oxygen atoms in total. The van der Waals surface area contributed by atoms with Crippen LogP contribution in [-0.4, -0.2) is 51.5 Å². The summed E-state index contributed by atoms with van der Waals surface area (Å²) in [6.45, 7) is 3.65. The van der Waals surface area contributed by atoms with E-state index in [4.69, 9.17) is 9.47 Å². The van der Waals surface area contributed by atoms with Gasteiger partial charge in [0, 0.05) is 29.9 Å². The number of methoxy groups -OCH3 is 1. The highest BCUT2D eigenvalue weighted by molar-refractivity contribution is 5.79. The lowest BCUT2D eigenvalue weighted by molar-refractivity contribution is -0.140. The van der Waals surface area contributed by atoms with E-state index in [1.165, 1.54) is 30.5 Å². The molecule has 5 aromatic rings. The average molecular weight is 552 g/mol. The number of H-pyrrole nitrogens is 1. The maximum Gasteiger partial charge on any atom is 0.434 e. The lowest BCUT2D eigenvalue weighted by atomic mass is 10.1. The van der Waals surface area contributed by atoms with Gasteiger partial charge in [-0.3, -0.25) is 4.98 Å². The molecule has 0 unspecified atom stereocenters. The molecule has 0 spiro atoms. The van der Waals surface area contributed by atoms with Crippen LogP contribution in [0, 0.1) is 0 Å². The molecule has 6 rings (SSSR count). The summed E-state index contributed by atoms with van der Waals surface area (Å²) in [7, 11) is 1.53. The lowest BCUT2D eigenvalue weighted by Crippen LogP contribution is -2.05. The van der Waals surface area contributed by atoms with E-state index >= 15 is 0 Å². The smallest absolute Gasteiger partial charge is 0.434 e. The summed E-state index contributed by atoms with van der Waals surface area (Å²) in [4.78, 5) is 33.4. The van der Waals surface area contributed by atoms with E-state index in [9.17, 15) is 13.2 Å². The number of fused-ring (bicyclic) bond motifs is 1. The van der Waals surface area contributed by atoms with Crippen LogP contribution in [-0.2, 0) is 12.8 Å². The second-order valence-electron chi connectivity index (χ2n) is 9.66. The van der Waals surface area contributed by atoms with E-state index in [1.807, 2.05) is 0 Å². The molecule has 1 fully saturated rings. The Balaban J connectivity index is 1.29. The van der Waals surface area contributed by atoms with Crippen LogP contribution >= 0.6 is 0 Å². The van der Waals surface area contributed by atoms with Crippen molar-refractivity contribution in [3.63, 3.8) is 0 Å². The van der Waals surface area contributed by atoms with Gasteiger partial charge in [0.05, 0.1) is 19.1 Å². The van der Waals surface area contributed by atoms with E-state index in [1.54, 1.807) is 26.0 Å². The van der Waals surface area contributed by atoms with Crippen LogP contribution in [0.1, 0.15) is 55.6 Å². The van der Waals surface area contributed by atoms with Crippen LogP contribution in [0.15, 0.2) is 37.2 Å². The molecule has 40 heavy (non-hydrogen) atoms. The third-order valence-corrected chi connectivity index (χ3v) is 6.48. The molecule has 0 aromatic carbocycles. The first kappa shape index (κ1) is 25.6. The van der Waals surface area contributed by atoms with Gasteiger partial charge in [0.2, 0.25) is 11.8 Å². The minimum atomic E-state index is -4.55. The molecule has 206 valence electrons. The number of nitrogens with zero attached hydrogens (tertiary/aromatic N) is 8. The van der Waals surface area contributed by atoms with Crippen LogP contribution in [0.3, 0.4) is 0 Å². The Bertz CT molecular complexity index is 1680. The second kappa shape index (κ2) is 9.84. The summed E-state index contributed by atoms with van der Waals surface area (Å²) in [6.07, 6.45) is 2.98. The summed E-state index contributed by atoms with van der Waals surface area (Å²) in [5.74, 6) is 1.39. The first-order chi connectivity index (χ1) is 19.2. The number of ether oxygens (including phenoxy) is 2. The summed E-state index contributed by atoms with van der Waals surface area (Å²) in [5, 5.41) is 0. The van der Waals surface area contributed by atoms with Gasteiger partial charge in [0.25, 0.3) is 0 Å². The molecule has 5 heterocycles. The van der Waals surface area contributed by atoms with E-state index in [-0.39, 0.29) is 30.3 Å². The Labute approximate surface area is 225 Å². The minimum Gasteiger partial charge on any atom is -0.480 e. The van der Waals surface area contributed by atoms with Crippen LogP contribution in [0.2, 0.25) is 0 Å². The molecule has 1 aliphatic rings. The predicted molar refractivity (Wildman–Crippen MR) is 136 cm³/mol. The summed E-state index contributed by atoms with van der Waals surface area (Å²) in [6, 6.07) is 3.10. The van der Waals surface area contributed by atoms with Gasteiger partial charge in [0.1, 0.15) is 29.7 Å². The number of alkyl halides is 3. The molecule has 1 N–H and O–H groups in total. The van der Waals surface area contributed by atoms with Crippen molar-refractivity contribution in [3.05, 3.63) is 54.1 Å². The maximum atomic E-state index is 13.3. The van der Waals surface area contributed by atoms with Crippen LogP contribution in [0.5, 0.6) is 11.8 Å². The number of hydrogen-bond acceptors (Lipinski definition) is 9. The van der Waals surface area contributed by atoms with Crippen molar-refractivity contribution in [1.82, 2.24) is 44.4 Å². The number of halogens is 3. The Hall–Kier alpha value is -4.62. The van der Waals surface area contributed by atoms with Crippen molar-refractivity contribution < 1.29 is 22.6 Å². The minimum absolute atomic E-state index is 0.0855. The number of imidazole rings is 2. The number of nitrogens with one attached hydrogen (secondary N) is 1. The summed E-state index contributed by atoms with van der Waals surface area (Å²) in [5.41, 5.74) is 2.37. The molecule has 0 amide bonds. The Morgan fingerprint density at radius 2 is 1.88 bits per heavy atom. The number of aromatic amines is 1. The van der Waals surface area contributed by atoms with Crippen LogP contribution < -0.4 is 9.47 Å². The Morgan fingerprint density at radius 1 is 1.05 bits per heavy atom. The number of hydrogen-bond donors (Lipinski definition) is 1. The van der Waals surface area contributed by atoms with Gasteiger partial charge in [-0.2, -0.15) is 18.2 Å². The van der Waals surface area contributed by atoms with Gasteiger partial charge < -0.3 is 19.0 Å². The first-order valence-electron chi connectivity index (χ1n) is 12.6. The summed E-state index contributed by atoms with van der Waals surface area (Å²) < 4.78 is 52.8. The highest BCUT2D eigenvalue weighted by Crippen LogP contribution is 2.45. The van der Waals surface area contributed by atoms with Gasteiger partial charge in [-0.15, -0.1) is 0 Å².